The average molecular weight is 1270 g/mol. The van der Waals surface area contributed by atoms with Crippen LogP contribution in [0.2, 0.25) is 0 Å². The number of ketones is 1. The summed E-state index contributed by atoms with van der Waals surface area (Å²) in [5.74, 6) is -6.00. The normalized spacial score (nSPS) is 16.7. The lowest BCUT2D eigenvalue weighted by Crippen LogP contribution is -2.31. The summed E-state index contributed by atoms with van der Waals surface area (Å²) < 4.78 is 48.7. The first kappa shape index (κ1) is 72.9. The quantitative estimate of drug-likeness (QED) is 0.0119. The van der Waals surface area contributed by atoms with Gasteiger partial charge < -0.3 is 42.6 Å². The summed E-state index contributed by atoms with van der Waals surface area (Å²) >= 11 is 2.14. The predicted octanol–water partition coefficient (Wildman–Crippen LogP) is 11.6. The van der Waals surface area contributed by atoms with Gasteiger partial charge in [-0.25, -0.2) is 19.7 Å². The molecule has 6 rings (SSSR count). The second kappa shape index (κ2) is 39.4. The fourth-order valence-electron chi connectivity index (χ4n) is 9.10. The van der Waals surface area contributed by atoms with Crippen LogP contribution < -0.4 is 18.9 Å². The van der Waals surface area contributed by atoms with Gasteiger partial charge in [0.25, 0.3) is 5.70 Å². The van der Waals surface area contributed by atoms with E-state index in [9.17, 15) is 53.2 Å². The molecule has 1 aliphatic heterocycles. The van der Waals surface area contributed by atoms with Gasteiger partial charge >= 0.3 is 53.7 Å². The Hall–Kier alpha value is -8.54. The van der Waals surface area contributed by atoms with Crippen LogP contribution in [0.5, 0.6) is 23.0 Å². The summed E-state index contributed by atoms with van der Waals surface area (Å²) in [7, 11) is 0. The molecule has 0 saturated heterocycles. The molecule has 2 saturated carbocycles. The van der Waals surface area contributed by atoms with Gasteiger partial charge in [-0.2, -0.15) is 0 Å². The van der Waals surface area contributed by atoms with Gasteiger partial charge in [0.15, 0.2) is 0 Å². The molecule has 0 aromatic heterocycles. The number of rotatable bonds is 29. The molecule has 3 aromatic rings. The van der Waals surface area contributed by atoms with Crippen molar-refractivity contribution < 1.29 is 90.6 Å². The lowest BCUT2D eigenvalue weighted by molar-refractivity contribution is -0.152. The number of aryl methyl sites for hydroxylation is 1. The predicted molar refractivity (Wildman–Crippen MR) is 326 cm³/mol. The van der Waals surface area contributed by atoms with E-state index in [4.69, 9.17) is 49.2 Å². The zero-order valence-electron chi connectivity index (χ0n) is 50.9. The Morgan fingerprint density at radius 3 is 1.37 bits per heavy atom. The molecule has 1 heterocycles. The highest BCUT2D eigenvalue weighted by Crippen LogP contribution is 2.60. The van der Waals surface area contributed by atoms with Gasteiger partial charge in [0.1, 0.15) is 42.0 Å². The number of hydrogen-bond acceptors (Lipinski definition) is 22. The van der Waals surface area contributed by atoms with Gasteiger partial charge in [-0.15, -0.1) is 0 Å². The third-order valence-electron chi connectivity index (χ3n) is 13.8. The average Bonchev–Trinajstić information content (AvgIpc) is 2.90. The number of fused-ring (bicyclic) bond motifs is 1. The van der Waals surface area contributed by atoms with Gasteiger partial charge in [0.05, 0.1) is 89.4 Å². The van der Waals surface area contributed by atoms with Crippen LogP contribution >= 0.6 is 23.5 Å². The summed E-state index contributed by atoms with van der Waals surface area (Å²) in [4.78, 5) is 128. The molecule has 23 heteroatoms. The molecule has 2 aliphatic carbocycles. The van der Waals surface area contributed by atoms with E-state index in [-0.39, 0.29) is 88.1 Å². The Balaban J connectivity index is 0.00000414. The highest BCUT2D eigenvalue weighted by molar-refractivity contribution is 8.24. The number of nitriles is 1. The van der Waals surface area contributed by atoms with E-state index in [2.05, 4.69) is 18.0 Å². The molecule has 0 radical (unpaired) electrons. The van der Waals surface area contributed by atoms with Crippen LogP contribution in [-0.4, -0.2) is 92.5 Å². The van der Waals surface area contributed by atoms with Crippen LogP contribution in [0, 0.1) is 48.5 Å². The summed E-state index contributed by atoms with van der Waals surface area (Å²) in [6, 6.07) is 17.0. The Morgan fingerprint density at radius 1 is 0.539 bits per heavy atom. The number of benzene rings is 3. The highest BCUT2D eigenvalue weighted by atomic mass is 32.2. The molecular weight excluding hydrogens is 1190 g/mol. The Morgan fingerprint density at radius 2 is 0.933 bits per heavy atom. The van der Waals surface area contributed by atoms with Crippen LogP contribution in [0.1, 0.15) is 134 Å². The summed E-state index contributed by atoms with van der Waals surface area (Å²) in [5.41, 5.74) is 1.92. The largest absolute Gasteiger partial charge is 0.465 e. The van der Waals surface area contributed by atoms with Crippen LogP contribution in [0.3, 0.4) is 0 Å². The molecular formula is C66H76N2O19S2. The topological polar surface area (TPSA) is 282 Å². The smallest absolute Gasteiger partial charge is 0.330 e. The lowest BCUT2D eigenvalue weighted by Gasteiger charge is -2.27. The van der Waals surface area contributed by atoms with Crippen molar-refractivity contribution >= 4 is 83.0 Å². The minimum absolute atomic E-state index is 0.0228. The number of thioether (sulfide) groups is 2. The van der Waals surface area contributed by atoms with Crippen molar-refractivity contribution in [1.29, 1.82) is 5.26 Å². The molecule has 0 spiro atoms. The van der Waals surface area contributed by atoms with E-state index in [1.807, 2.05) is 33.8 Å². The van der Waals surface area contributed by atoms with Crippen molar-refractivity contribution in [1.82, 2.24) is 0 Å². The lowest BCUT2D eigenvalue weighted by atomic mass is 9.82. The van der Waals surface area contributed by atoms with Crippen LogP contribution in [0.4, 0.5) is 0 Å². The molecule has 476 valence electrons. The van der Waals surface area contributed by atoms with Crippen LogP contribution in [0.15, 0.2) is 99.6 Å². The van der Waals surface area contributed by atoms with E-state index in [0.29, 0.717) is 102 Å². The van der Waals surface area contributed by atoms with E-state index >= 15 is 0 Å². The first-order valence-electron chi connectivity index (χ1n) is 29.6. The van der Waals surface area contributed by atoms with Gasteiger partial charge in [0.2, 0.25) is 0 Å². The van der Waals surface area contributed by atoms with Crippen LogP contribution in [0.25, 0.3) is 4.85 Å². The number of hydrogen-bond donors (Lipinski definition) is 0. The number of nitrogens with zero attached hydrogens (tertiary/aromatic N) is 2. The summed E-state index contributed by atoms with van der Waals surface area (Å²) in [5, 5.41) is 9.76. The third-order valence-corrected chi connectivity index (χ3v) is 16.4. The van der Waals surface area contributed by atoms with E-state index in [1.165, 1.54) is 0 Å². The van der Waals surface area contributed by atoms with Crippen molar-refractivity contribution in [2.24, 2.45) is 23.7 Å². The molecule has 0 bridgehead atoms. The second-order valence-electron chi connectivity index (χ2n) is 19.9. The Bertz CT molecular complexity index is 3090. The van der Waals surface area contributed by atoms with Crippen molar-refractivity contribution in [3.63, 3.8) is 0 Å². The zero-order chi connectivity index (χ0) is 65.3. The Labute approximate surface area is 527 Å². The molecule has 0 unspecified atom stereocenters. The maximum Gasteiger partial charge on any atom is 0.330 e. The molecule has 2 fully saturated rings. The molecule has 3 aromatic carbocycles. The van der Waals surface area contributed by atoms with Gasteiger partial charge in [0, 0.05) is 37.8 Å². The number of carbonyl (C=O) groups is 10. The SMILES string of the molecule is CC.CC.[C-]#[N+]/C(C#N)=C1\Sc2c(OC(=O)C3CCC(C(=O)Oc4ccc(CCOC(=O)CCC(=O)CCCOC(=O)C=C)cc4)CC3)cc(C)c(OC(=O)C3CCC(C(=O)Oc4ccc(CCOC(=O)CCC(=O)OCCOC(=O)C=C)cc4)CC3)c2S1. The molecule has 0 atom stereocenters. The van der Waals surface area contributed by atoms with Crippen LogP contribution in [-0.2, 0) is 84.5 Å². The minimum atomic E-state index is -0.643. The number of carbonyl (C=O) groups excluding carboxylic acids is 10. The standard InChI is InChI=1S/C62H64N2O19S2.2C2H6/c1-5-50(66)75-31-7-8-45(65)21-26-52(68)76-32-29-39-9-22-46(23-10-39)80-58(71)41-13-17-43(18-14-41)60(73)82-49-36-38(3)55(57-56(49)84-62(85-57)48(37-63)64-4)83-61(74)44-19-15-42(16-20-44)59(72)81-47-24-11-40(12-25-47)30-33-77-53(69)27-28-54(70)79-35-34-78-51(67)6-2;2*1-2/h5-6,9-12,22-25,36,41-44H,1-2,7-8,13-21,26-35H2,3H3;2*1-2H3/b62-48+;;. The van der Waals surface area contributed by atoms with E-state index < -0.39 is 77.4 Å². The second-order valence-corrected chi connectivity index (χ2v) is 22.2. The molecule has 0 N–H and O–H groups in total. The molecule has 0 amide bonds. The van der Waals surface area contributed by atoms with Gasteiger partial charge in [-0.1, -0.05) is 88.6 Å². The fourth-order valence-corrected chi connectivity index (χ4v) is 11.6. The number of allylic oxidation sites excluding steroid dienone is 1. The first-order chi connectivity index (χ1) is 43.0. The Kier molecular flexibility index (Phi) is 32.3. The fraction of sp³-hybridized carbons (Fsp3) is 0.455. The monoisotopic (exact) mass is 1260 g/mol. The van der Waals surface area contributed by atoms with Crippen molar-refractivity contribution in [3.05, 3.63) is 118 Å². The number of ether oxygens (including phenoxy) is 9. The van der Waals surface area contributed by atoms with Crippen molar-refractivity contribution in [2.75, 3.05) is 33.0 Å². The molecule has 21 nitrogen and oxygen atoms in total. The maximum atomic E-state index is 13.8. The molecule has 89 heavy (non-hydrogen) atoms. The van der Waals surface area contributed by atoms with Gasteiger partial charge in [-0.3, -0.25) is 38.4 Å². The number of esters is 9. The van der Waals surface area contributed by atoms with Crippen molar-refractivity contribution in [2.45, 2.75) is 147 Å². The number of Topliss-reactive ketones (excluding diaryl/α,β-unsaturated/α-hetero) is 1. The third kappa shape index (κ3) is 24.5. The first-order valence-corrected chi connectivity index (χ1v) is 31.3. The van der Waals surface area contributed by atoms with Crippen molar-refractivity contribution in [3.8, 4) is 29.1 Å². The van der Waals surface area contributed by atoms with E-state index in [0.717, 1.165) is 46.8 Å². The minimum Gasteiger partial charge on any atom is -0.465 e. The van der Waals surface area contributed by atoms with Gasteiger partial charge in [-0.05, 0) is 112 Å². The maximum absolute atomic E-state index is 13.8. The van der Waals surface area contributed by atoms with E-state index in [1.54, 1.807) is 61.5 Å². The summed E-state index contributed by atoms with van der Waals surface area (Å²) in [6.07, 6.45) is 5.74. The summed E-state index contributed by atoms with van der Waals surface area (Å²) in [6.45, 7) is 23.8. The molecule has 3 aliphatic rings. The highest BCUT2D eigenvalue weighted by Gasteiger charge is 2.37. The zero-order valence-corrected chi connectivity index (χ0v) is 52.5.